The second kappa shape index (κ2) is 6.04. The highest BCUT2D eigenvalue weighted by Gasteiger charge is 2.28. The Morgan fingerprint density at radius 3 is 2.61 bits per heavy atom. The van der Waals surface area contributed by atoms with Crippen LogP contribution >= 0.6 is 0 Å². The van der Waals surface area contributed by atoms with E-state index >= 15 is 0 Å². The topological polar surface area (TPSA) is 67.9 Å². The highest BCUT2D eigenvalue weighted by atomic mass is 16.6. The van der Waals surface area contributed by atoms with E-state index in [2.05, 4.69) is 5.32 Å². The first kappa shape index (κ1) is 14.8. The highest BCUT2D eigenvalue weighted by Crippen LogP contribution is 2.11. The van der Waals surface area contributed by atoms with Crippen LogP contribution in [0.2, 0.25) is 0 Å². The number of hydrogen-bond acceptors (Lipinski definition) is 4. The summed E-state index contributed by atoms with van der Waals surface area (Å²) in [5, 5.41) is 2.77. The van der Waals surface area contributed by atoms with Gasteiger partial charge in [0.25, 0.3) is 0 Å². The third-order valence-electron chi connectivity index (χ3n) is 2.53. The van der Waals surface area contributed by atoms with Gasteiger partial charge < -0.3 is 19.7 Å². The Morgan fingerprint density at radius 1 is 1.39 bits per heavy atom. The first-order valence-corrected chi connectivity index (χ1v) is 6.08. The van der Waals surface area contributed by atoms with Crippen molar-refractivity contribution in [1.82, 2.24) is 10.2 Å². The number of nitrogens with one attached hydrogen (secondary N) is 1. The summed E-state index contributed by atoms with van der Waals surface area (Å²) in [6.07, 6.45) is 0.308. The van der Waals surface area contributed by atoms with Gasteiger partial charge in [0, 0.05) is 20.2 Å². The van der Waals surface area contributed by atoms with Gasteiger partial charge in [0.05, 0.1) is 6.04 Å². The quantitative estimate of drug-likeness (QED) is 0.811. The van der Waals surface area contributed by atoms with Crippen molar-refractivity contribution in [3.8, 4) is 0 Å². The van der Waals surface area contributed by atoms with Gasteiger partial charge in [-0.3, -0.25) is 4.79 Å². The summed E-state index contributed by atoms with van der Waals surface area (Å²) < 4.78 is 9.96. The molecule has 0 radical (unpaired) electrons. The van der Waals surface area contributed by atoms with E-state index in [4.69, 9.17) is 9.47 Å². The molecule has 0 aromatic heterocycles. The molecule has 0 aromatic rings. The maximum absolute atomic E-state index is 11.6. The number of carbonyl (C=O) groups excluding carboxylic acids is 2. The molecule has 1 atom stereocenters. The van der Waals surface area contributed by atoms with E-state index in [1.54, 1.807) is 4.90 Å². The van der Waals surface area contributed by atoms with E-state index < -0.39 is 11.7 Å². The molecule has 0 saturated carbocycles. The Labute approximate surface area is 108 Å². The van der Waals surface area contributed by atoms with Gasteiger partial charge in [0.15, 0.2) is 0 Å². The highest BCUT2D eigenvalue weighted by molar-refractivity contribution is 5.78. The Balaban J connectivity index is 2.34. The maximum Gasteiger partial charge on any atom is 0.407 e. The van der Waals surface area contributed by atoms with Crippen LogP contribution in [0.15, 0.2) is 0 Å². The number of amides is 2. The number of methoxy groups -OCH3 is 1. The summed E-state index contributed by atoms with van der Waals surface area (Å²) in [6, 6.07) is -0.0411. The van der Waals surface area contributed by atoms with Crippen molar-refractivity contribution in [2.75, 3.05) is 26.8 Å². The lowest BCUT2D eigenvalue weighted by Crippen LogP contribution is -2.41. The largest absolute Gasteiger partial charge is 0.444 e. The molecule has 104 valence electrons. The lowest BCUT2D eigenvalue weighted by molar-refractivity contribution is -0.134. The molecule has 18 heavy (non-hydrogen) atoms. The lowest BCUT2D eigenvalue weighted by Gasteiger charge is -2.22. The lowest BCUT2D eigenvalue weighted by atomic mass is 10.2. The average Bonchev–Trinajstić information content (AvgIpc) is 2.63. The fourth-order valence-corrected chi connectivity index (χ4v) is 1.79. The predicted octanol–water partition coefficient (Wildman–Crippen LogP) is 0.758. The van der Waals surface area contributed by atoms with Crippen molar-refractivity contribution in [1.29, 1.82) is 0 Å². The van der Waals surface area contributed by atoms with Crippen LogP contribution in [-0.4, -0.2) is 55.3 Å². The van der Waals surface area contributed by atoms with Crippen molar-refractivity contribution < 1.29 is 19.1 Å². The SMILES string of the molecule is COCC(=O)N1CCC(NC(=O)OC(C)(C)C)C1. The van der Waals surface area contributed by atoms with Gasteiger partial charge in [-0.1, -0.05) is 0 Å². The number of ether oxygens (including phenoxy) is 2. The van der Waals surface area contributed by atoms with Crippen LogP contribution in [0, 0.1) is 0 Å². The molecule has 1 fully saturated rings. The van der Waals surface area contributed by atoms with Crippen LogP contribution in [0.4, 0.5) is 4.79 Å². The Hall–Kier alpha value is -1.30. The summed E-state index contributed by atoms with van der Waals surface area (Å²) in [5.74, 6) is -0.0500. The summed E-state index contributed by atoms with van der Waals surface area (Å²) in [5.41, 5.74) is -0.506. The Morgan fingerprint density at radius 2 is 2.06 bits per heavy atom. The third kappa shape index (κ3) is 4.91. The number of nitrogens with zero attached hydrogens (tertiary/aromatic N) is 1. The zero-order valence-corrected chi connectivity index (χ0v) is 11.5. The van der Waals surface area contributed by atoms with Crippen LogP contribution in [-0.2, 0) is 14.3 Å². The Bertz CT molecular complexity index is 312. The van der Waals surface area contributed by atoms with E-state index in [-0.39, 0.29) is 18.6 Å². The van der Waals surface area contributed by atoms with Gasteiger partial charge in [-0.25, -0.2) is 4.79 Å². The molecule has 1 N–H and O–H groups in total. The Kier molecular flexibility index (Phi) is 4.95. The number of rotatable bonds is 3. The number of alkyl carbamates (subject to hydrolysis) is 1. The number of carbonyl (C=O) groups is 2. The van der Waals surface area contributed by atoms with Crippen LogP contribution in [0.3, 0.4) is 0 Å². The minimum Gasteiger partial charge on any atom is -0.444 e. The van der Waals surface area contributed by atoms with Gasteiger partial charge in [-0.05, 0) is 27.2 Å². The van der Waals surface area contributed by atoms with Gasteiger partial charge in [-0.15, -0.1) is 0 Å². The molecular formula is C12H22N2O4. The van der Waals surface area contributed by atoms with E-state index in [0.717, 1.165) is 6.42 Å². The molecule has 1 aliphatic heterocycles. The van der Waals surface area contributed by atoms with E-state index in [9.17, 15) is 9.59 Å². The summed E-state index contributed by atoms with van der Waals surface area (Å²) in [4.78, 5) is 24.8. The number of hydrogen-bond donors (Lipinski definition) is 1. The van der Waals surface area contributed by atoms with Crippen molar-refractivity contribution in [2.45, 2.75) is 38.8 Å². The molecule has 1 rings (SSSR count). The predicted molar refractivity (Wildman–Crippen MR) is 66.2 cm³/mol. The summed E-state index contributed by atoms with van der Waals surface area (Å²) in [6.45, 7) is 6.68. The molecule has 1 saturated heterocycles. The first-order valence-electron chi connectivity index (χ1n) is 6.08. The smallest absolute Gasteiger partial charge is 0.407 e. The van der Waals surface area contributed by atoms with E-state index in [0.29, 0.717) is 13.1 Å². The molecule has 0 bridgehead atoms. The standard InChI is InChI=1S/C12H22N2O4/c1-12(2,3)18-11(16)13-9-5-6-14(7-9)10(15)8-17-4/h9H,5-8H2,1-4H3,(H,13,16). The molecule has 2 amide bonds. The third-order valence-corrected chi connectivity index (χ3v) is 2.53. The van der Waals surface area contributed by atoms with Crippen molar-refractivity contribution in [3.05, 3.63) is 0 Å². The van der Waals surface area contributed by atoms with Gasteiger partial charge in [0.1, 0.15) is 12.2 Å². The molecular weight excluding hydrogens is 236 g/mol. The van der Waals surface area contributed by atoms with E-state index in [1.807, 2.05) is 20.8 Å². The second-order valence-electron chi connectivity index (χ2n) is 5.40. The molecule has 0 aromatic carbocycles. The molecule has 1 heterocycles. The normalized spacial score (nSPS) is 19.8. The summed E-state index contributed by atoms with van der Waals surface area (Å²) in [7, 11) is 1.49. The average molecular weight is 258 g/mol. The van der Waals surface area contributed by atoms with Crippen molar-refractivity contribution in [3.63, 3.8) is 0 Å². The van der Waals surface area contributed by atoms with Crippen LogP contribution in [0.5, 0.6) is 0 Å². The fraction of sp³-hybridized carbons (Fsp3) is 0.833. The van der Waals surface area contributed by atoms with Gasteiger partial charge >= 0.3 is 6.09 Å². The zero-order chi connectivity index (χ0) is 13.8. The zero-order valence-electron chi connectivity index (χ0n) is 11.5. The molecule has 1 unspecified atom stereocenters. The molecule has 6 heteroatoms. The summed E-state index contributed by atoms with van der Waals surface area (Å²) >= 11 is 0. The van der Waals surface area contributed by atoms with Crippen LogP contribution in [0.25, 0.3) is 0 Å². The van der Waals surface area contributed by atoms with Gasteiger partial charge in [0.2, 0.25) is 5.91 Å². The second-order valence-corrected chi connectivity index (χ2v) is 5.40. The van der Waals surface area contributed by atoms with Gasteiger partial charge in [-0.2, -0.15) is 0 Å². The number of likely N-dealkylation sites (tertiary alicyclic amines) is 1. The van der Waals surface area contributed by atoms with Crippen molar-refractivity contribution >= 4 is 12.0 Å². The fourth-order valence-electron chi connectivity index (χ4n) is 1.79. The molecule has 0 spiro atoms. The molecule has 0 aliphatic carbocycles. The van der Waals surface area contributed by atoms with Crippen LogP contribution in [0.1, 0.15) is 27.2 Å². The first-order chi connectivity index (χ1) is 8.31. The van der Waals surface area contributed by atoms with Crippen molar-refractivity contribution in [2.24, 2.45) is 0 Å². The molecule has 1 aliphatic rings. The molecule has 6 nitrogen and oxygen atoms in total. The monoisotopic (exact) mass is 258 g/mol. The minimum absolute atomic E-state index is 0.0411. The van der Waals surface area contributed by atoms with Crippen LogP contribution < -0.4 is 5.32 Å². The van der Waals surface area contributed by atoms with E-state index in [1.165, 1.54) is 7.11 Å². The maximum atomic E-state index is 11.6. The minimum atomic E-state index is -0.506.